The highest BCUT2D eigenvalue weighted by Gasteiger charge is 2.08. The minimum absolute atomic E-state index is 0.0926. The van der Waals surface area contributed by atoms with Crippen LogP contribution in [0.15, 0.2) is 59.8 Å². The van der Waals surface area contributed by atoms with E-state index in [9.17, 15) is 9.59 Å². The fourth-order valence-electron chi connectivity index (χ4n) is 2.96. The van der Waals surface area contributed by atoms with Crippen LogP contribution < -0.4 is 10.9 Å². The lowest BCUT2D eigenvalue weighted by molar-refractivity contribution is -0.116. The molecule has 0 spiro atoms. The van der Waals surface area contributed by atoms with Crippen molar-refractivity contribution in [1.82, 2.24) is 15.0 Å². The second-order valence-electron chi connectivity index (χ2n) is 5.87. The number of anilines is 1. The third kappa shape index (κ3) is 3.01. The van der Waals surface area contributed by atoms with Crippen LogP contribution in [0.5, 0.6) is 0 Å². The molecule has 124 valence electrons. The summed E-state index contributed by atoms with van der Waals surface area (Å²) in [5, 5.41) is 4.44. The number of para-hydroxylation sites is 1. The highest BCUT2D eigenvalue weighted by Crippen LogP contribution is 2.19. The van der Waals surface area contributed by atoms with Gasteiger partial charge in [0.05, 0.1) is 17.2 Å². The van der Waals surface area contributed by atoms with Gasteiger partial charge in [0.15, 0.2) is 0 Å². The highest BCUT2D eigenvalue weighted by molar-refractivity contribution is 5.94. The first-order valence-electron chi connectivity index (χ1n) is 8.03. The highest BCUT2D eigenvalue weighted by atomic mass is 16.1. The van der Waals surface area contributed by atoms with Crippen molar-refractivity contribution in [2.24, 2.45) is 0 Å². The van der Waals surface area contributed by atoms with Gasteiger partial charge in [0.25, 0.3) is 5.56 Å². The van der Waals surface area contributed by atoms with Crippen molar-refractivity contribution in [2.45, 2.75) is 12.8 Å². The molecule has 3 N–H and O–H groups in total. The van der Waals surface area contributed by atoms with Crippen LogP contribution in [0, 0.1) is 0 Å². The Morgan fingerprint density at radius 2 is 1.96 bits per heavy atom. The van der Waals surface area contributed by atoms with Crippen molar-refractivity contribution in [3.8, 4) is 0 Å². The van der Waals surface area contributed by atoms with Crippen LogP contribution in [-0.2, 0) is 11.2 Å². The first kappa shape index (κ1) is 15.1. The molecular formula is C19H16N4O2. The van der Waals surface area contributed by atoms with Gasteiger partial charge in [0.2, 0.25) is 5.91 Å². The van der Waals surface area contributed by atoms with Crippen LogP contribution in [0.4, 0.5) is 5.69 Å². The second kappa shape index (κ2) is 6.24. The van der Waals surface area contributed by atoms with Gasteiger partial charge >= 0.3 is 0 Å². The number of hydrogen-bond acceptors (Lipinski definition) is 3. The van der Waals surface area contributed by atoms with E-state index in [1.807, 2.05) is 30.5 Å². The Labute approximate surface area is 142 Å². The Kier molecular flexibility index (Phi) is 3.78. The zero-order valence-corrected chi connectivity index (χ0v) is 13.4. The summed E-state index contributed by atoms with van der Waals surface area (Å²) in [6.45, 7) is 0. The quantitative estimate of drug-likeness (QED) is 0.536. The Balaban J connectivity index is 1.47. The van der Waals surface area contributed by atoms with Crippen LogP contribution in [-0.4, -0.2) is 20.9 Å². The summed E-state index contributed by atoms with van der Waals surface area (Å²) in [5.41, 5.74) is 3.15. The van der Waals surface area contributed by atoms with Crippen LogP contribution in [0.2, 0.25) is 0 Å². The van der Waals surface area contributed by atoms with Crippen molar-refractivity contribution < 1.29 is 4.79 Å². The fraction of sp³-hybridized carbons (Fsp3) is 0.105. The first-order chi connectivity index (χ1) is 12.2. The van der Waals surface area contributed by atoms with Gasteiger partial charge in [-0.05, 0) is 36.2 Å². The number of H-pyrrole nitrogens is 2. The smallest absolute Gasteiger partial charge is 0.258 e. The monoisotopic (exact) mass is 332 g/mol. The number of rotatable bonds is 4. The molecule has 0 fully saturated rings. The number of aromatic nitrogens is 3. The topological polar surface area (TPSA) is 90.6 Å². The summed E-state index contributed by atoms with van der Waals surface area (Å²) in [5.74, 6) is -0.0926. The molecule has 0 atom stereocenters. The molecule has 0 aliphatic carbocycles. The number of hydrogen-bond donors (Lipinski definition) is 3. The van der Waals surface area contributed by atoms with Gasteiger partial charge < -0.3 is 15.3 Å². The zero-order chi connectivity index (χ0) is 17.2. The SMILES string of the molecule is O=C(CCc1c[nH]c2ccccc12)Nc1ccc2nc[nH]c(=O)c2c1. The number of nitrogens with one attached hydrogen (secondary N) is 3. The van der Waals surface area contributed by atoms with Crippen LogP contribution >= 0.6 is 0 Å². The van der Waals surface area contributed by atoms with Crippen LogP contribution in [0.25, 0.3) is 21.8 Å². The van der Waals surface area contributed by atoms with E-state index in [2.05, 4.69) is 20.3 Å². The number of carbonyl (C=O) groups excluding carboxylic acids is 1. The molecule has 0 saturated heterocycles. The van der Waals surface area contributed by atoms with Gasteiger partial charge in [-0.3, -0.25) is 9.59 Å². The number of aryl methyl sites for hydroxylation is 1. The molecule has 6 heteroatoms. The molecule has 2 heterocycles. The van der Waals surface area contributed by atoms with Crippen molar-refractivity contribution >= 4 is 33.4 Å². The van der Waals surface area contributed by atoms with Crippen molar-refractivity contribution in [1.29, 1.82) is 0 Å². The summed E-state index contributed by atoms with van der Waals surface area (Å²) < 4.78 is 0. The number of aromatic amines is 2. The summed E-state index contributed by atoms with van der Waals surface area (Å²) >= 11 is 0. The number of benzene rings is 2. The summed E-state index contributed by atoms with van der Waals surface area (Å²) in [7, 11) is 0. The van der Waals surface area contributed by atoms with Gasteiger partial charge in [-0.15, -0.1) is 0 Å². The maximum absolute atomic E-state index is 12.2. The van der Waals surface area contributed by atoms with Crippen molar-refractivity contribution in [3.05, 3.63) is 70.9 Å². The van der Waals surface area contributed by atoms with Crippen LogP contribution in [0.1, 0.15) is 12.0 Å². The lowest BCUT2D eigenvalue weighted by atomic mass is 10.1. The lowest BCUT2D eigenvalue weighted by Crippen LogP contribution is -2.13. The molecule has 0 saturated carbocycles. The first-order valence-corrected chi connectivity index (χ1v) is 8.03. The van der Waals surface area contributed by atoms with Crippen molar-refractivity contribution in [2.75, 3.05) is 5.32 Å². The maximum Gasteiger partial charge on any atom is 0.258 e. The second-order valence-corrected chi connectivity index (χ2v) is 5.87. The minimum atomic E-state index is -0.222. The van der Waals surface area contributed by atoms with Crippen LogP contribution in [0.3, 0.4) is 0 Å². The molecule has 0 radical (unpaired) electrons. The van der Waals surface area contributed by atoms with Crippen molar-refractivity contribution in [3.63, 3.8) is 0 Å². The molecule has 0 aliphatic heterocycles. The third-order valence-corrected chi connectivity index (χ3v) is 4.22. The number of nitrogens with zero attached hydrogens (tertiary/aromatic N) is 1. The van der Waals surface area contributed by atoms with E-state index >= 15 is 0 Å². The third-order valence-electron chi connectivity index (χ3n) is 4.22. The number of fused-ring (bicyclic) bond motifs is 2. The maximum atomic E-state index is 12.2. The molecule has 1 amide bonds. The standard InChI is InChI=1S/C19H16N4O2/c24-18(8-5-12-10-20-16-4-2-1-3-14(12)16)23-13-6-7-17-15(9-13)19(25)22-11-21-17/h1-4,6-7,9-11,20H,5,8H2,(H,23,24)(H,21,22,25). The molecule has 6 nitrogen and oxygen atoms in total. The predicted octanol–water partition coefficient (Wildman–Crippen LogP) is 2.98. The Bertz CT molecular complexity index is 1130. The number of carbonyl (C=O) groups is 1. The van der Waals surface area contributed by atoms with E-state index in [1.165, 1.54) is 6.33 Å². The molecular weight excluding hydrogens is 316 g/mol. The molecule has 2 aromatic carbocycles. The summed E-state index contributed by atoms with van der Waals surface area (Å²) in [6, 6.07) is 13.1. The molecule has 25 heavy (non-hydrogen) atoms. The fourth-order valence-corrected chi connectivity index (χ4v) is 2.96. The zero-order valence-electron chi connectivity index (χ0n) is 13.4. The molecule has 0 aliphatic rings. The minimum Gasteiger partial charge on any atom is -0.361 e. The average Bonchev–Trinajstić information content (AvgIpc) is 3.04. The van der Waals surface area contributed by atoms with E-state index in [1.54, 1.807) is 18.2 Å². The van der Waals surface area contributed by atoms with Gasteiger partial charge in [-0.2, -0.15) is 0 Å². The molecule has 0 bridgehead atoms. The van der Waals surface area contributed by atoms with Gasteiger partial charge in [-0.25, -0.2) is 4.98 Å². The number of amides is 1. The van der Waals surface area contributed by atoms with E-state index in [0.717, 1.165) is 16.5 Å². The average molecular weight is 332 g/mol. The Morgan fingerprint density at radius 3 is 2.88 bits per heavy atom. The predicted molar refractivity (Wildman–Crippen MR) is 97.6 cm³/mol. The van der Waals surface area contributed by atoms with E-state index in [0.29, 0.717) is 29.4 Å². The lowest BCUT2D eigenvalue weighted by Gasteiger charge is -2.06. The van der Waals surface area contributed by atoms with Gasteiger partial charge in [0, 0.05) is 29.2 Å². The van der Waals surface area contributed by atoms with Gasteiger partial charge in [0.1, 0.15) is 0 Å². The van der Waals surface area contributed by atoms with E-state index in [4.69, 9.17) is 0 Å². The largest absolute Gasteiger partial charge is 0.361 e. The summed E-state index contributed by atoms with van der Waals surface area (Å²) in [4.78, 5) is 33.9. The summed E-state index contributed by atoms with van der Waals surface area (Å²) in [6.07, 6.45) is 4.32. The van der Waals surface area contributed by atoms with E-state index in [-0.39, 0.29) is 11.5 Å². The normalized spacial score (nSPS) is 11.0. The molecule has 2 aromatic heterocycles. The van der Waals surface area contributed by atoms with Gasteiger partial charge in [-0.1, -0.05) is 18.2 Å². The Hall–Kier alpha value is -3.41. The van der Waals surface area contributed by atoms with E-state index < -0.39 is 0 Å². The molecule has 4 aromatic rings. The molecule has 0 unspecified atom stereocenters. The Morgan fingerprint density at radius 1 is 1.08 bits per heavy atom. The molecule has 4 rings (SSSR count).